The number of hydrogen-bond donors (Lipinski definition) is 1. The van der Waals surface area contributed by atoms with Crippen molar-refractivity contribution in [3.05, 3.63) is 113 Å². The molecule has 7 heteroatoms. The Kier molecular flexibility index (Phi) is 7.14. The van der Waals surface area contributed by atoms with Crippen LogP contribution in [0.5, 0.6) is 0 Å². The van der Waals surface area contributed by atoms with Crippen LogP contribution in [0.1, 0.15) is 41.4 Å². The predicted octanol–water partition coefficient (Wildman–Crippen LogP) is 5.34. The molecule has 1 aromatic heterocycles. The summed E-state index contributed by atoms with van der Waals surface area (Å²) in [6, 6.07) is 26.4. The molecule has 35 heavy (non-hydrogen) atoms. The summed E-state index contributed by atoms with van der Waals surface area (Å²) in [4.78, 5) is 20.3. The third-order valence-corrected chi connectivity index (χ3v) is 7.13. The molecule has 0 saturated carbocycles. The van der Waals surface area contributed by atoms with Crippen LogP contribution in [0, 0.1) is 5.82 Å². The van der Waals surface area contributed by atoms with E-state index >= 15 is 0 Å². The SMILES string of the molecule is O=C(NC(Cc1ccccc1)c1ccccc1)C1CCCN1c1nc(Cc2ccc(F)cc2)ns1. The molecule has 5 rings (SSSR count). The molecule has 1 amide bonds. The number of halogens is 1. The van der Waals surface area contributed by atoms with Crippen LogP contribution in [0.25, 0.3) is 0 Å². The molecular weight excluding hydrogens is 459 g/mol. The summed E-state index contributed by atoms with van der Waals surface area (Å²) in [5, 5.41) is 4.08. The highest BCUT2D eigenvalue weighted by atomic mass is 32.1. The molecule has 4 aromatic rings. The number of nitrogens with zero attached hydrogens (tertiary/aromatic N) is 3. The molecule has 0 bridgehead atoms. The first kappa shape index (κ1) is 23.2. The summed E-state index contributed by atoms with van der Waals surface area (Å²) in [5.74, 6) is 0.448. The van der Waals surface area contributed by atoms with Gasteiger partial charge in [0.05, 0.1) is 6.04 Å². The molecule has 2 unspecified atom stereocenters. The molecule has 5 nitrogen and oxygen atoms in total. The summed E-state index contributed by atoms with van der Waals surface area (Å²) in [5.41, 5.74) is 3.23. The average molecular weight is 487 g/mol. The monoisotopic (exact) mass is 486 g/mol. The van der Waals surface area contributed by atoms with E-state index in [0.29, 0.717) is 12.2 Å². The molecule has 2 atom stereocenters. The van der Waals surface area contributed by atoms with Crippen LogP contribution in [0.4, 0.5) is 9.52 Å². The second kappa shape index (κ2) is 10.8. The van der Waals surface area contributed by atoms with Crippen molar-refractivity contribution in [2.45, 2.75) is 37.8 Å². The fourth-order valence-corrected chi connectivity index (χ4v) is 5.30. The molecular formula is C28H27FN4OS. The first-order chi connectivity index (χ1) is 17.2. The number of nitrogens with one attached hydrogen (secondary N) is 1. The van der Waals surface area contributed by atoms with Gasteiger partial charge in [0.2, 0.25) is 11.0 Å². The average Bonchev–Trinajstić information content (AvgIpc) is 3.56. The van der Waals surface area contributed by atoms with Crippen molar-refractivity contribution in [1.82, 2.24) is 14.7 Å². The van der Waals surface area contributed by atoms with Gasteiger partial charge < -0.3 is 10.2 Å². The van der Waals surface area contributed by atoms with E-state index < -0.39 is 0 Å². The molecule has 178 valence electrons. The van der Waals surface area contributed by atoms with Crippen molar-refractivity contribution in [1.29, 1.82) is 0 Å². The Morgan fingerprint density at radius 3 is 2.46 bits per heavy atom. The van der Waals surface area contributed by atoms with E-state index in [-0.39, 0.29) is 23.8 Å². The van der Waals surface area contributed by atoms with Crippen molar-refractivity contribution in [3.8, 4) is 0 Å². The van der Waals surface area contributed by atoms with Gasteiger partial charge in [-0.1, -0.05) is 72.8 Å². The summed E-state index contributed by atoms with van der Waals surface area (Å²) in [7, 11) is 0. The minimum atomic E-state index is -0.274. The van der Waals surface area contributed by atoms with Gasteiger partial charge in [-0.3, -0.25) is 4.79 Å². The van der Waals surface area contributed by atoms with Gasteiger partial charge in [0.15, 0.2) is 0 Å². The highest BCUT2D eigenvalue weighted by molar-refractivity contribution is 7.09. The fourth-order valence-electron chi connectivity index (χ4n) is 4.54. The van der Waals surface area contributed by atoms with E-state index in [0.717, 1.165) is 42.1 Å². The molecule has 1 aliphatic rings. The summed E-state index contributed by atoms with van der Waals surface area (Å²) >= 11 is 1.32. The van der Waals surface area contributed by atoms with Crippen LogP contribution in [0.3, 0.4) is 0 Å². The molecule has 1 fully saturated rings. The fraction of sp³-hybridized carbons (Fsp3) is 0.250. The Labute approximate surface area is 208 Å². The van der Waals surface area contributed by atoms with Crippen LogP contribution >= 0.6 is 11.5 Å². The highest BCUT2D eigenvalue weighted by Crippen LogP contribution is 2.29. The maximum absolute atomic E-state index is 13.5. The standard InChI is InChI=1S/C28H27FN4OS/c29-23-15-13-21(14-16-23)19-26-31-28(35-32-26)33-17-7-12-25(33)27(34)30-24(22-10-5-2-6-11-22)18-20-8-3-1-4-9-20/h1-6,8-11,13-16,24-25H,7,12,17-19H2,(H,30,34). The third-order valence-electron chi connectivity index (χ3n) is 6.34. The normalized spacial score (nSPS) is 16.3. The highest BCUT2D eigenvalue weighted by Gasteiger charge is 2.34. The lowest BCUT2D eigenvalue weighted by atomic mass is 9.98. The summed E-state index contributed by atoms with van der Waals surface area (Å²) in [6.07, 6.45) is 2.98. The summed E-state index contributed by atoms with van der Waals surface area (Å²) < 4.78 is 17.7. The van der Waals surface area contributed by atoms with Crippen LogP contribution < -0.4 is 10.2 Å². The Morgan fingerprint density at radius 2 is 1.71 bits per heavy atom. The number of carbonyl (C=O) groups is 1. The number of anilines is 1. The van der Waals surface area contributed by atoms with E-state index in [4.69, 9.17) is 4.98 Å². The molecule has 0 aliphatic carbocycles. The molecule has 3 aromatic carbocycles. The van der Waals surface area contributed by atoms with Gasteiger partial charge in [0.1, 0.15) is 17.7 Å². The lowest BCUT2D eigenvalue weighted by Crippen LogP contribution is -2.45. The zero-order chi connectivity index (χ0) is 24.0. The maximum atomic E-state index is 13.5. The number of amides is 1. The van der Waals surface area contributed by atoms with Crippen molar-refractivity contribution in [2.75, 3.05) is 11.4 Å². The van der Waals surface area contributed by atoms with E-state index in [1.165, 1.54) is 29.2 Å². The number of rotatable bonds is 8. The molecule has 1 saturated heterocycles. The van der Waals surface area contributed by atoms with Crippen molar-refractivity contribution >= 4 is 22.6 Å². The number of carbonyl (C=O) groups excluding carboxylic acids is 1. The minimum absolute atomic E-state index is 0.0163. The first-order valence-electron chi connectivity index (χ1n) is 11.9. The van der Waals surface area contributed by atoms with E-state index in [9.17, 15) is 9.18 Å². The number of hydrogen-bond acceptors (Lipinski definition) is 5. The van der Waals surface area contributed by atoms with Crippen LogP contribution in [0.15, 0.2) is 84.9 Å². The van der Waals surface area contributed by atoms with E-state index in [2.05, 4.69) is 38.9 Å². The van der Waals surface area contributed by atoms with Crippen LogP contribution in [-0.4, -0.2) is 27.9 Å². The lowest BCUT2D eigenvalue weighted by molar-refractivity contribution is -0.123. The zero-order valence-electron chi connectivity index (χ0n) is 19.3. The largest absolute Gasteiger partial charge is 0.347 e. The topological polar surface area (TPSA) is 58.1 Å². The Balaban J connectivity index is 1.30. The predicted molar refractivity (Wildman–Crippen MR) is 137 cm³/mol. The van der Waals surface area contributed by atoms with Crippen LogP contribution in [0.2, 0.25) is 0 Å². The quantitative estimate of drug-likeness (QED) is 0.365. The second-order valence-corrected chi connectivity index (χ2v) is 9.54. The van der Waals surface area contributed by atoms with Gasteiger partial charge in [0.25, 0.3) is 0 Å². The second-order valence-electron chi connectivity index (χ2n) is 8.81. The van der Waals surface area contributed by atoms with Crippen molar-refractivity contribution in [2.24, 2.45) is 0 Å². The first-order valence-corrected chi connectivity index (χ1v) is 12.7. The molecule has 0 spiro atoms. The van der Waals surface area contributed by atoms with E-state index in [1.807, 2.05) is 36.4 Å². The maximum Gasteiger partial charge on any atom is 0.243 e. The molecule has 1 aliphatic heterocycles. The van der Waals surface area contributed by atoms with Gasteiger partial charge in [-0.2, -0.15) is 4.37 Å². The van der Waals surface area contributed by atoms with Crippen molar-refractivity contribution in [3.63, 3.8) is 0 Å². The van der Waals surface area contributed by atoms with E-state index in [1.54, 1.807) is 12.1 Å². The van der Waals surface area contributed by atoms with Gasteiger partial charge in [-0.05, 0) is 48.1 Å². The van der Waals surface area contributed by atoms with Crippen LogP contribution in [-0.2, 0) is 17.6 Å². The Hall–Kier alpha value is -3.58. The lowest BCUT2D eigenvalue weighted by Gasteiger charge is -2.26. The molecule has 1 N–H and O–H groups in total. The Bertz CT molecular complexity index is 1250. The number of aromatic nitrogens is 2. The third kappa shape index (κ3) is 5.74. The molecule has 0 radical (unpaired) electrons. The van der Waals surface area contributed by atoms with Gasteiger partial charge in [-0.15, -0.1) is 0 Å². The molecule has 2 heterocycles. The van der Waals surface area contributed by atoms with Gasteiger partial charge in [0, 0.05) is 24.5 Å². The zero-order valence-corrected chi connectivity index (χ0v) is 20.1. The van der Waals surface area contributed by atoms with Gasteiger partial charge >= 0.3 is 0 Å². The minimum Gasteiger partial charge on any atom is -0.347 e. The number of benzene rings is 3. The van der Waals surface area contributed by atoms with Gasteiger partial charge in [-0.25, -0.2) is 9.37 Å². The Morgan fingerprint density at radius 1 is 1.00 bits per heavy atom. The summed E-state index contributed by atoms with van der Waals surface area (Å²) in [6.45, 7) is 0.776. The van der Waals surface area contributed by atoms with Crippen molar-refractivity contribution < 1.29 is 9.18 Å². The smallest absolute Gasteiger partial charge is 0.243 e.